The molecule has 6 nitrogen and oxygen atoms in total. The number of esters is 1. The van der Waals surface area contributed by atoms with Crippen LogP contribution in [0.15, 0.2) is 18.2 Å². The number of rotatable bonds is 10. The molecule has 1 aliphatic rings. The number of carbonyl (C=O) groups excluding carboxylic acids is 2. The Labute approximate surface area is 155 Å². The van der Waals surface area contributed by atoms with Crippen LogP contribution in [-0.4, -0.2) is 50.2 Å². The molecular weight excluding hydrogens is 334 g/mol. The van der Waals surface area contributed by atoms with Gasteiger partial charge in [-0.05, 0) is 43.9 Å². The third-order valence-corrected chi connectivity index (χ3v) is 4.54. The summed E-state index contributed by atoms with van der Waals surface area (Å²) in [5, 5.41) is 0. The fraction of sp³-hybridized carbons (Fsp3) is 0.600. The molecular formula is C20H29NO5. The molecule has 1 aromatic carbocycles. The molecule has 1 unspecified atom stereocenters. The van der Waals surface area contributed by atoms with Gasteiger partial charge in [-0.2, -0.15) is 0 Å². The lowest BCUT2D eigenvalue weighted by Crippen LogP contribution is -2.39. The highest BCUT2D eigenvalue weighted by Crippen LogP contribution is 2.30. The molecule has 0 saturated heterocycles. The Balaban J connectivity index is 1.94. The van der Waals surface area contributed by atoms with E-state index < -0.39 is 0 Å². The van der Waals surface area contributed by atoms with E-state index in [4.69, 9.17) is 14.2 Å². The maximum atomic E-state index is 12.7. The van der Waals surface area contributed by atoms with Crippen LogP contribution in [0, 0.1) is 5.92 Å². The molecule has 0 radical (unpaired) electrons. The summed E-state index contributed by atoms with van der Waals surface area (Å²) < 4.78 is 15.6. The Morgan fingerprint density at radius 3 is 2.46 bits per heavy atom. The van der Waals surface area contributed by atoms with E-state index in [0.717, 1.165) is 18.4 Å². The van der Waals surface area contributed by atoms with Crippen LogP contribution in [0.25, 0.3) is 0 Å². The van der Waals surface area contributed by atoms with E-state index in [9.17, 15) is 9.59 Å². The first-order valence-electron chi connectivity index (χ1n) is 9.17. The van der Waals surface area contributed by atoms with Crippen molar-refractivity contribution in [2.24, 2.45) is 5.92 Å². The normalized spacial score (nSPS) is 14.5. The highest BCUT2D eigenvalue weighted by Gasteiger charge is 2.34. The van der Waals surface area contributed by atoms with Gasteiger partial charge in [0.25, 0.3) is 0 Å². The van der Waals surface area contributed by atoms with Gasteiger partial charge in [-0.25, -0.2) is 0 Å². The second-order valence-corrected chi connectivity index (χ2v) is 6.62. The van der Waals surface area contributed by atoms with Crippen molar-refractivity contribution in [2.45, 2.75) is 45.6 Å². The number of carbonyl (C=O) groups is 2. The highest BCUT2D eigenvalue weighted by molar-refractivity contribution is 5.79. The van der Waals surface area contributed by atoms with E-state index in [2.05, 4.69) is 0 Å². The smallest absolute Gasteiger partial charge is 0.310 e. The molecule has 1 aromatic rings. The van der Waals surface area contributed by atoms with Gasteiger partial charge in [0, 0.05) is 19.0 Å². The van der Waals surface area contributed by atoms with Crippen molar-refractivity contribution < 1.29 is 23.8 Å². The molecule has 0 bridgehead atoms. The van der Waals surface area contributed by atoms with Crippen molar-refractivity contribution in [1.82, 2.24) is 4.90 Å². The molecule has 144 valence electrons. The quantitative estimate of drug-likeness (QED) is 0.598. The molecule has 0 aromatic heterocycles. The fourth-order valence-corrected chi connectivity index (χ4v) is 2.93. The number of benzene rings is 1. The number of methoxy groups -OCH3 is 2. The number of nitrogens with zero attached hydrogens (tertiary/aromatic N) is 1. The Morgan fingerprint density at radius 2 is 1.88 bits per heavy atom. The molecule has 0 spiro atoms. The van der Waals surface area contributed by atoms with Crippen molar-refractivity contribution in [1.29, 1.82) is 0 Å². The van der Waals surface area contributed by atoms with Gasteiger partial charge in [0.2, 0.25) is 5.91 Å². The molecule has 2 rings (SSSR count). The lowest BCUT2D eigenvalue weighted by atomic mass is 10.1. The van der Waals surface area contributed by atoms with Crippen LogP contribution in [0.5, 0.6) is 11.5 Å². The zero-order chi connectivity index (χ0) is 19.1. The van der Waals surface area contributed by atoms with E-state index in [1.54, 1.807) is 21.1 Å². The maximum absolute atomic E-state index is 12.7. The summed E-state index contributed by atoms with van der Waals surface area (Å²) in [7, 11) is 3.19. The molecule has 6 heteroatoms. The van der Waals surface area contributed by atoms with E-state index in [-0.39, 0.29) is 23.8 Å². The van der Waals surface area contributed by atoms with Gasteiger partial charge >= 0.3 is 5.97 Å². The molecule has 1 atom stereocenters. The molecule has 0 heterocycles. The summed E-state index contributed by atoms with van der Waals surface area (Å²) >= 11 is 0. The summed E-state index contributed by atoms with van der Waals surface area (Å²) in [5.41, 5.74) is 1.02. The number of aryl methyl sites for hydroxylation is 1. The Bertz CT molecular complexity index is 627. The van der Waals surface area contributed by atoms with Crippen LogP contribution in [0.1, 0.15) is 38.7 Å². The van der Waals surface area contributed by atoms with E-state index in [0.29, 0.717) is 37.5 Å². The summed E-state index contributed by atoms with van der Waals surface area (Å²) in [6.45, 7) is 4.39. The average molecular weight is 363 g/mol. The lowest BCUT2D eigenvalue weighted by molar-refractivity contribution is -0.149. The van der Waals surface area contributed by atoms with Crippen LogP contribution < -0.4 is 9.47 Å². The second-order valence-electron chi connectivity index (χ2n) is 6.62. The van der Waals surface area contributed by atoms with Gasteiger partial charge in [-0.1, -0.05) is 13.0 Å². The largest absolute Gasteiger partial charge is 0.493 e. The predicted octanol–water partition coefficient (Wildman–Crippen LogP) is 2.83. The van der Waals surface area contributed by atoms with E-state index in [1.165, 1.54) is 0 Å². The minimum Gasteiger partial charge on any atom is -0.493 e. The fourth-order valence-electron chi connectivity index (χ4n) is 2.93. The lowest BCUT2D eigenvalue weighted by Gasteiger charge is -2.25. The molecule has 1 fully saturated rings. The standard InChI is InChI=1S/C20H29NO5/c1-5-26-20(23)14(2)13-21(16-8-9-16)19(22)11-7-15-6-10-17(24-3)18(12-15)25-4/h6,10,12,14,16H,5,7-9,11,13H2,1-4H3. The molecule has 0 N–H and O–H groups in total. The van der Waals surface area contributed by atoms with Crippen LogP contribution >= 0.6 is 0 Å². The third-order valence-electron chi connectivity index (χ3n) is 4.54. The van der Waals surface area contributed by atoms with Crippen LogP contribution in [0.2, 0.25) is 0 Å². The van der Waals surface area contributed by atoms with Crippen molar-refractivity contribution in [2.75, 3.05) is 27.4 Å². The minimum absolute atomic E-state index is 0.0819. The molecule has 26 heavy (non-hydrogen) atoms. The van der Waals surface area contributed by atoms with Gasteiger partial charge < -0.3 is 19.1 Å². The summed E-state index contributed by atoms with van der Waals surface area (Å²) in [4.78, 5) is 26.4. The first-order chi connectivity index (χ1) is 12.5. The summed E-state index contributed by atoms with van der Waals surface area (Å²) in [6.07, 6.45) is 3.05. The number of hydrogen-bond acceptors (Lipinski definition) is 5. The average Bonchev–Trinajstić information content (AvgIpc) is 3.48. The molecule has 1 amide bonds. The van der Waals surface area contributed by atoms with E-state index in [1.807, 2.05) is 30.0 Å². The van der Waals surface area contributed by atoms with Crippen LogP contribution in [0.3, 0.4) is 0 Å². The number of amides is 1. The number of hydrogen-bond donors (Lipinski definition) is 0. The Morgan fingerprint density at radius 1 is 1.19 bits per heavy atom. The van der Waals surface area contributed by atoms with Gasteiger partial charge in [0.1, 0.15) is 0 Å². The molecule has 1 saturated carbocycles. The van der Waals surface area contributed by atoms with Crippen LogP contribution in [-0.2, 0) is 20.7 Å². The zero-order valence-electron chi connectivity index (χ0n) is 16.1. The Kier molecular flexibility index (Phi) is 7.30. The zero-order valence-corrected chi connectivity index (χ0v) is 16.1. The van der Waals surface area contributed by atoms with Crippen molar-refractivity contribution in [3.05, 3.63) is 23.8 Å². The first kappa shape index (κ1) is 20.1. The maximum Gasteiger partial charge on any atom is 0.310 e. The predicted molar refractivity (Wildman–Crippen MR) is 98.4 cm³/mol. The first-order valence-corrected chi connectivity index (χ1v) is 9.17. The minimum atomic E-state index is -0.305. The molecule has 1 aliphatic carbocycles. The number of ether oxygens (including phenoxy) is 3. The van der Waals surface area contributed by atoms with Gasteiger partial charge in [-0.3, -0.25) is 9.59 Å². The third kappa shape index (κ3) is 5.38. The van der Waals surface area contributed by atoms with Crippen molar-refractivity contribution in [3.8, 4) is 11.5 Å². The van der Waals surface area contributed by atoms with Gasteiger partial charge in [0.15, 0.2) is 11.5 Å². The van der Waals surface area contributed by atoms with Crippen LogP contribution in [0.4, 0.5) is 0 Å². The monoisotopic (exact) mass is 363 g/mol. The second kappa shape index (κ2) is 9.46. The Hall–Kier alpha value is -2.24. The van der Waals surface area contributed by atoms with E-state index >= 15 is 0 Å². The molecule has 0 aliphatic heterocycles. The van der Waals surface area contributed by atoms with Gasteiger partial charge in [-0.15, -0.1) is 0 Å². The van der Waals surface area contributed by atoms with Gasteiger partial charge in [0.05, 0.1) is 26.7 Å². The topological polar surface area (TPSA) is 65.1 Å². The summed E-state index contributed by atoms with van der Waals surface area (Å²) in [6, 6.07) is 5.96. The summed E-state index contributed by atoms with van der Waals surface area (Å²) in [5.74, 6) is 0.864. The highest BCUT2D eigenvalue weighted by atomic mass is 16.5. The van der Waals surface area contributed by atoms with Crippen molar-refractivity contribution in [3.63, 3.8) is 0 Å². The van der Waals surface area contributed by atoms with Crippen molar-refractivity contribution >= 4 is 11.9 Å². The SMILES string of the molecule is CCOC(=O)C(C)CN(C(=O)CCc1ccc(OC)c(OC)c1)C1CC1.